The molecule has 0 saturated heterocycles. The average Bonchev–Trinajstić information content (AvgIpc) is 3.32. The van der Waals surface area contributed by atoms with Gasteiger partial charge in [0, 0.05) is 11.6 Å². The first-order chi connectivity index (χ1) is 15.2. The molecule has 2 N–H and O–H groups in total. The monoisotopic (exact) mass is 435 g/mol. The maximum absolute atomic E-state index is 12.5. The number of nitrogens with zero attached hydrogens (tertiary/aromatic N) is 1. The molecule has 1 saturated carbocycles. The second-order valence-electron chi connectivity index (χ2n) is 7.58. The number of nitrogens with one attached hydrogen (secondary N) is 2. The molecule has 1 aliphatic carbocycles. The van der Waals surface area contributed by atoms with Gasteiger partial charge in [-0.15, -0.1) is 11.3 Å². The van der Waals surface area contributed by atoms with Crippen LogP contribution in [-0.4, -0.2) is 23.4 Å². The van der Waals surface area contributed by atoms with Gasteiger partial charge in [0.25, 0.3) is 11.8 Å². The summed E-state index contributed by atoms with van der Waals surface area (Å²) in [7, 11) is 0. The Morgan fingerprint density at radius 2 is 1.77 bits per heavy atom. The summed E-state index contributed by atoms with van der Waals surface area (Å²) in [6, 6.07) is 14.9. The van der Waals surface area contributed by atoms with E-state index in [9.17, 15) is 9.59 Å². The predicted octanol–water partition coefficient (Wildman–Crippen LogP) is 5.46. The Bertz CT molecular complexity index is 1010. The van der Waals surface area contributed by atoms with Crippen LogP contribution in [0.5, 0.6) is 5.75 Å². The smallest absolute Gasteiger partial charge is 0.262 e. The van der Waals surface area contributed by atoms with Crippen LogP contribution < -0.4 is 15.4 Å². The summed E-state index contributed by atoms with van der Waals surface area (Å²) in [5.74, 6) is 0.638. The molecule has 1 heterocycles. The number of anilines is 2. The van der Waals surface area contributed by atoms with Gasteiger partial charge in [0.2, 0.25) is 0 Å². The zero-order valence-corrected chi connectivity index (χ0v) is 18.0. The van der Waals surface area contributed by atoms with Gasteiger partial charge in [0.05, 0.1) is 11.3 Å². The van der Waals surface area contributed by atoms with E-state index < -0.39 is 0 Å². The number of aromatic nitrogens is 1. The van der Waals surface area contributed by atoms with Crippen molar-refractivity contribution in [1.82, 2.24) is 4.98 Å². The average molecular weight is 436 g/mol. The van der Waals surface area contributed by atoms with E-state index in [1.165, 1.54) is 49.0 Å². The summed E-state index contributed by atoms with van der Waals surface area (Å²) in [5, 5.41) is 7.78. The van der Waals surface area contributed by atoms with Gasteiger partial charge in [-0.3, -0.25) is 14.9 Å². The minimum Gasteiger partial charge on any atom is -0.484 e. The van der Waals surface area contributed by atoms with E-state index in [2.05, 4.69) is 27.8 Å². The van der Waals surface area contributed by atoms with Crippen molar-refractivity contribution in [2.24, 2.45) is 0 Å². The molecule has 0 aliphatic heterocycles. The van der Waals surface area contributed by atoms with Gasteiger partial charge in [0.1, 0.15) is 5.75 Å². The molecule has 0 radical (unpaired) electrons. The fourth-order valence-electron chi connectivity index (χ4n) is 3.85. The highest BCUT2D eigenvalue weighted by Gasteiger charge is 2.16. The molecule has 1 aliphatic rings. The lowest BCUT2D eigenvalue weighted by atomic mass is 9.84. The van der Waals surface area contributed by atoms with E-state index in [-0.39, 0.29) is 18.4 Å². The molecule has 0 bridgehead atoms. The Kier molecular flexibility index (Phi) is 6.94. The molecule has 31 heavy (non-hydrogen) atoms. The van der Waals surface area contributed by atoms with Gasteiger partial charge in [-0.2, -0.15) is 0 Å². The predicted molar refractivity (Wildman–Crippen MR) is 123 cm³/mol. The van der Waals surface area contributed by atoms with E-state index >= 15 is 0 Å². The Morgan fingerprint density at radius 3 is 2.52 bits per heavy atom. The lowest BCUT2D eigenvalue weighted by Gasteiger charge is -2.22. The first-order valence-electron chi connectivity index (χ1n) is 10.5. The van der Waals surface area contributed by atoms with Gasteiger partial charge >= 0.3 is 0 Å². The van der Waals surface area contributed by atoms with Crippen LogP contribution in [0.15, 0.2) is 60.1 Å². The SMILES string of the molecule is O=C(COc1ccc(C2CCCCC2)cc1)Nc1ccccc1C(=O)Nc1nccs1. The number of hydrogen-bond acceptors (Lipinski definition) is 5. The summed E-state index contributed by atoms with van der Waals surface area (Å²) in [6.07, 6.45) is 8.05. The highest BCUT2D eigenvalue weighted by Crippen LogP contribution is 2.33. The first-order valence-corrected chi connectivity index (χ1v) is 11.4. The standard InChI is InChI=1S/C24H25N3O3S/c28-22(16-30-19-12-10-18(11-13-19)17-6-2-1-3-7-17)26-21-9-5-4-8-20(21)23(29)27-24-25-14-15-31-24/h4-5,8-15,17H,1-3,6-7,16H2,(H,26,28)(H,25,27,29). The first kappa shape index (κ1) is 21.1. The lowest BCUT2D eigenvalue weighted by molar-refractivity contribution is -0.118. The van der Waals surface area contributed by atoms with E-state index in [4.69, 9.17) is 4.74 Å². The Morgan fingerprint density at radius 1 is 1.00 bits per heavy atom. The van der Waals surface area contributed by atoms with E-state index in [0.29, 0.717) is 28.0 Å². The lowest BCUT2D eigenvalue weighted by Crippen LogP contribution is -2.22. The molecule has 2 aromatic carbocycles. The number of thiazole rings is 1. The molecule has 7 heteroatoms. The molecule has 0 spiro atoms. The van der Waals surface area contributed by atoms with Crippen molar-refractivity contribution in [2.45, 2.75) is 38.0 Å². The number of carbonyl (C=O) groups is 2. The molecule has 1 fully saturated rings. The second-order valence-corrected chi connectivity index (χ2v) is 8.47. The van der Waals surface area contributed by atoms with Crippen LogP contribution in [0.3, 0.4) is 0 Å². The molecule has 2 amide bonds. The van der Waals surface area contributed by atoms with Crippen molar-refractivity contribution < 1.29 is 14.3 Å². The summed E-state index contributed by atoms with van der Waals surface area (Å²) in [5.41, 5.74) is 2.14. The normalized spacial score (nSPS) is 14.1. The third kappa shape index (κ3) is 5.70. The van der Waals surface area contributed by atoms with Crippen LogP contribution in [-0.2, 0) is 4.79 Å². The molecule has 3 aromatic rings. The number of para-hydroxylation sites is 1. The molecule has 160 valence electrons. The highest BCUT2D eigenvalue weighted by molar-refractivity contribution is 7.13. The molecule has 4 rings (SSSR count). The van der Waals surface area contributed by atoms with E-state index in [1.807, 2.05) is 12.1 Å². The molecular weight excluding hydrogens is 410 g/mol. The maximum atomic E-state index is 12.5. The van der Waals surface area contributed by atoms with Crippen LogP contribution in [0.2, 0.25) is 0 Å². The van der Waals surface area contributed by atoms with Gasteiger partial charge in [-0.1, -0.05) is 43.5 Å². The highest BCUT2D eigenvalue weighted by atomic mass is 32.1. The zero-order valence-electron chi connectivity index (χ0n) is 17.2. The van der Waals surface area contributed by atoms with Gasteiger partial charge < -0.3 is 10.1 Å². The summed E-state index contributed by atoms with van der Waals surface area (Å²) in [4.78, 5) is 29.0. The minimum atomic E-state index is -0.329. The van der Waals surface area contributed by atoms with Crippen molar-refractivity contribution in [1.29, 1.82) is 0 Å². The maximum Gasteiger partial charge on any atom is 0.262 e. The van der Waals surface area contributed by atoms with Crippen molar-refractivity contribution in [3.05, 3.63) is 71.2 Å². The fraction of sp³-hybridized carbons (Fsp3) is 0.292. The zero-order chi connectivity index (χ0) is 21.5. The fourth-order valence-corrected chi connectivity index (χ4v) is 4.37. The van der Waals surface area contributed by atoms with Crippen molar-refractivity contribution in [3.8, 4) is 5.75 Å². The number of hydrogen-bond donors (Lipinski definition) is 2. The van der Waals surface area contributed by atoms with Crippen LogP contribution in [0, 0.1) is 0 Å². The topological polar surface area (TPSA) is 80.3 Å². The third-order valence-electron chi connectivity index (χ3n) is 5.43. The largest absolute Gasteiger partial charge is 0.484 e. The second kappa shape index (κ2) is 10.2. The summed E-state index contributed by atoms with van der Waals surface area (Å²) < 4.78 is 5.65. The van der Waals surface area contributed by atoms with Gasteiger partial charge in [-0.05, 0) is 48.6 Å². The quantitative estimate of drug-likeness (QED) is 0.516. The molecular formula is C24H25N3O3S. The van der Waals surface area contributed by atoms with Crippen LogP contribution >= 0.6 is 11.3 Å². The molecule has 6 nitrogen and oxygen atoms in total. The Labute approximate surface area is 185 Å². The van der Waals surface area contributed by atoms with Gasteiger partial charge in [-0.25, -0.2) is 4.98 Å². The number of carbonyl (C=O) groups excluding carboxylic acids is 2. The van der Waals surface area contributed by atoms with E-state index in [0.717, 1.165) is 0 Å². The Hall–Kier alpha value is -3.19. The molecule has 0 unspecified atom stereocenters. The van der Waals surface area contributed by atoms with Crippen LogP contribution in [0.1, 0.15) is 53.9 Å². The Balaban J connectivity index is 1.32. The molecule has 1 aromatic heterocycles. The van der Waals surface area contributed by atoms with E-state index in [1.54, 1.807) is 35.8 Å². The van der Waals surface area contributed by atoms with Crippen molar-refractivity contribution >= 4 is 34.0 Å². The summed E-state index contributed by atoms with van der Waals surface area (Å²) >= 11 is 1.33. The van der Waals surface area contributed by atoms with Crippen molar-refractivity contribution in [2.75, 3.05) is 17.2 Å². The number of rotatable bonds is 7. The number of amides is 2. The minimum absolute atomic E-state index is 0.134. The number of ether oxygens (including phenoxy) is 1. The summed E-state index contributed by atoms with van der Waals surface area (Å²) in [6.45, 7) is -0.134. The third-order valence-corrected chi connectivity index (χ3v) is 6.11. The van der Waals surface area contributed by atoms with Gasteiger partial charge in [0.15, 0.2) is 11.7 Å². The number of benzene rings is 2. The van der Waals surface area contributed by atoms with Crippen LogP contribution in [0.25, 0.3) is 0 Å². The van der Waals surface area contributed by atoms with Crippen LogP contribution in [0.4, 0.5) is 10.8 Å². The molecule has 0 atom stereocenters. The van der Waals surface area contributed by atoms with Crippen molar-refractivity contribution in [3.63, 3.8) is 0 Å².